The standard InChI is InChI=1S/C35H69NO3/c1-3-5-7-9-11-12-13-14-15-16-17-18-19-20-21-22-23-24-25-26-28-30-34(38)33(32-37)36-35(39)31-29-27-10-8-6-4-2/h28,30,33-34,37-38H,3-27,29,31-32H2,1-2H3,(H,36,39)/b30-28+. The first kappa shape index (κ1) is 38.1. The van der Waals surface area contributed by atoms with Crippen molar-refractivity contribution in [3.8, 4) is 0 Å². The summed E-state index contributed by atoms with van der Waals surface area (Å²) in [6.07, 6.45) is 37.5. The normalized spacial score (nSPS) is 13.2. The van der Waals surface area contributed by atoms with Crippen LogP contribution in [0.25, 0.3) is 0 Å². The van der Waals surface area contributed by atoms with Gasteiger partial charge in [-0.15, -0.1) is 0 Å². The van der Waals surface area contributed by atoms with Crippen molar-refractivity contribution in [3.05, 3.63) is 12.2 Å². The van der Waals surface area contributed by atoms with E-state index in [1.807, 2.05) is 6.08 Å². The molecule has 0 fully saturated rings. The predicted octanol–water partition coefficient (Wildman–Crippen LogP) is 9.95. The van der Waals surface area contributed by atoms with Crippen LogP contribution in [0.5, 0.6) is 0 Å². The van der Waals surface area contributed by atoms with Gasteiger partial charge in [0.2, 0.25) is 5.91 Å². The molecule has 0 aliphatic rings. The molecule has 232 valence electrons. The Bertz CT molecular complexity index is 522. The number of amides is 1. The fraction of sp³-hybridized carbons (Fsp3) is 0.914. The van der Waals surface area contributed by atoms with Crippen LogP contribution in [0.2, 0.25) is 0 Å². The van der Waals surface area contributed by atoms with Gasteiger partial charge in [-0.1, -0.05) is 174 Å². The lowest BCUT2D eigenvalue weighted by molar-refractivity contribution is -0.123. The number of rotatable bonds is 31. The molecule has 4 nitrogen and oxygen atoms in total. The van der Waals surface area contributed by atoms with E-state index < -0.39 is 12.1 Å². The topological polar surface area (TPSA) is 69.6 Å². The lowest BCUT2D eigenvalue weighted by Crippen LogP contribution is -2.45. The van der Waals surface area contributed by atoms with E-state index in [2.05, 4.69) is 19.2 Å². The maximum atomic E-state index is 12.1. The van der Waals surface area contributed by atoms with Gasteiger partial charge < -0.3 is 15.5 Å². The quantitative estimate of drug-likeness (QED) is 0.0593. The van der Waals surface area contributed by atoms with Gasteiger partial charge in [0, 0.05) is 6.42 Å². The molecule has 0 aliphatic carbocycles. The van der Waals surface area contributed by atoms with Gasteiger partial charge in [-0.05, 0) is 19.3 Å². The van der Waals surface area contributed by atoms with Crippen LogP contribution >= 0.6 is 0 Å². The Kier molecular flexibility index (Phi) is 30.9. The molecular formula is C35H69NO3. The average molecular weight is 552 g/mol. The van der Waals surface area contributed by atoms with Crippen LogP contribution in [0.15, 0.2) is 12.2 Å². The Morgan fingerprint density at radius 2 is 0.949 bits per heavy atom. The van der Waals surface area contributed by atoms with Crippen LogP contribution < -0.4 is 5.32 Å². The van der Waals surface area contributed by atoms with Crippen molar-refractivity contribution in [2.24, 2.45) is 0 Å². The molecule has 39 heavy (non-hydrogen) atoms. The lowest BCUT2D eigenvalue weighted by Gasteiger charge is -2.20. The molecule has 0 bridgehead atoms. The second kappa shape index (κ2) is 31.7. The first-order valence-electron chi connectivity index (χ1n) is 17.4. The highest BCUT2D eigenvalue weighted by Crippen LogP contribution is 2.15. The molecular weight excluding hydrogens is 482 g/mol. The van der Waals surface area contributed by atoms with Crippen molar-refractivity contribution in [2.45, 2.75) is 199 Å². The number of carbonyl (C=O) groups excluding carboxylic acids is 1. The van der Waals surface area contributed by atoms with E-state index in [0.717, 1.165) is 25.7 Å². The van der Waals surface area contributed by atoms with E-state index in [1.54, 1.807) is 6.08 Å². The molecule has 0 radical (unpaired) electrons. The monoisotopic (exact) mass is 552 g/mol. The zero-order valence-corrected chi connectivity index (χ0v) is 26.4. The molecule has 0 saturated heterocycles. The van der Waals surface area contributed by atoms with Gasteiger partial charge in [-0.25, -0.2) is 0 Å². The summed E-state index contributed by atoms with van der Waals surface area (Å²) in [4.78, 5) is 12.1. The van der Waals surface area contributed by atoms with Crippen molar-refractivity contribution in [1.29, 1.82) is 0 Å². The van der Waals surface area contributed by atoms with E-state index in [9.17, 15) is 15.0 Å². The summed E-state index contributed by atoms with van der Waals surface area (Å²) >= 11 is 0. The van der Waals surface area contributed by atoms with Crippen molar-refractivity contribution < 1.29 is 15.0 Å². The number of nitrogens with one attached hydrogen (secondary N) is 1. The fourth-order valence-electron chi connectivity index (χ4n) is 5.29. The molecule has 0 saturated carbocycles. The zero-order valence-electron chi connectivity index (χ0n) is 26.4. The third-order valence-corrected chi connectivity index (χ3v) is 8.02. The van der Waals surface area contributed by atoms with Crippen molar-refractivity contribution >= 4 is 5.91 Å². The minimum Gasteiger partial charge on any atom is -0.394 e. The van der Waals surface area contributed by atoms with Crippen LogP contribution in [0.1, 0.15) is 187 Å². The van der Waals surface area contributed by atoms with Gasteiger partial charge in [0.25, 0.3) is 0 Å². The summed E-state index contributed by atoms with van der Waals surface area (Å²) in [5.74, 6) is -0.0733. The summed E-state index contributed by atoms with van der Waals surface area (Å²) in [5, 5.41) is 22.7. The van der Waals surface area contributed by atoms with E-state index in [-0.39, 0.29) is 12.5 Å². The molecule has 0 aromatic rings. The second-order valence-corrected chi connectivity index (χ2v) is 11.9. The van der Waals surface area contributed by atoms with Gasteiger partial charge in [-0.3, -0.25) is 4.79 Å². The third kappa shape index (κ3) is 28.5. The second-order valence-electron chi connectivity index (χ2n) is 11.9. The van der Waals surface area contributed by atoms with Crippen LogP contribution in [0.3, 0.4) is 0 Å². The Morgan fingerprint density at radius 3 is 1.33 bits per heavy atom. The van der Waals surface area contributed by atoms with Gasteiger partial charge in [0.1, 0.15) is 0 Å². The number of carbonyl (C=O) groups is 1. The fourth-order valence-corrected chi connectivity index (χ4v) is 5.29. The molecule has 2 unspecified atom stereocenters. The van der Waals surface area contributed by atoms with Crippen molar-refractivity contribution in [2.75, 3.05) is 6.61 Å². The molecule has 1 amide bonds. The summed E-state index contributed by atoms with van der Waals surface area (Å²) in [7, 11) is 0. The Labute approximate surface area is 244 Å². The predicted molar refractivity (Wildman–Crippen MR) is 170 cm³/mol. The number of hydrogen-bond acceptors (Lipinski definition) is 3. The van der Waals surface area contributed by atoms with E-state index >= 15 is 0 Å². The van der Waals surface area contributed by atoms with Crippen LogP contribution in [0.4, 0.5) is 0 Å². The molecule has 0 spiro atoms. The maximum Gasteiger partial charge on any atom is 0.220 e. The largest absolute Gasteiger partial charge is 0.394 e. The minimum atomic E-state index is -0.830. The third-order valence-electron chi connectivity index (χ3n) is 8.02. The number of aliphatic hydroxyl groups excluding tert-OH is 2. The van der Waals surface area contributed by atoms with Gasteiger partial charge in [-0.2, -0.15) is 0 Å². The number of allylic oxidation sites excluding steroid dienone is 1. The summed E-state index contributed by atoms with van der Waals surface area (Å²) in [6, 6.07) is -0.612. The summed E-state index contributed by atoms with van der Waals surface area (Å²) in [5.41, 5.74) is 0. The molecule has 4 heteroatoms. The van der Waals surface area contributed by atoms with Crippen LogP contribution in [-0.4, -0.2) is 34.9 Å². The SMILES string of the molecule is CCCCCCCCCCCCCCCCCCCCC/C=C/C(O)C(CO)NC(=O)CCCCCCCC. The summed E-state index contributed by atoms with van der Waals surface area (Å²) < 4.78 is 0. The molecule has 0 aromatic carbocycles. The number of hydrogen-bond donors (Lipinski definition) is 3. The molecule has 0 aromatic heterocycles. The molecule has 0 rings (SSSR count). The van der Waals surface area contributed by atoms with Crippen LogP contribution in [0, 0.1) is 0 Å². The Morgan fingerprint density at radius 1 is 0.590 bits per heavy atom. The smallest absolute Gasteiger partial charge is 0.220 e. The maximum absolute atomic E-state index is 12.1. The van der Waals surface area contributed by atoms with Gasteiger partial charge in [0.15, 0.2) is 0 Å². The van der Waals surface area contributed by atoms with E-state index in [0.29, 0.717) is 6.42 Å². The number of unbranched alkanes of at least 4 members (excludes halogenated alkanes) is 24. The Balaban J connectivity index is 3.50. The molecule has 3 N–H and O–H groups in total. The van der Waals surface area contributed by atoms with Gasteiger partial charge >= 0.3 is 0 Å². The molecule has 0 heterocycles. The van der Waals surface area contributed by atoms with Crippen LogP contribution in [-0.2, 0) is 4.79 Å². The van der Waals surface area contributed by atoms with E-state index in [1.165, 1.54) is 141 Å². The number of aliphatic hydroxyl groups is 2. The first-order valence-corrected chi connectivity index (χ1v) is 17.4. The highest BCUT2D eigenvalue weighted by molar-refractivity contribution is 5.76. The van der Waals surface area contributed by atoms with Crippen molar-refractivity contribution in [3.63, 3.8) is 0 Å². The summed E-state index contributed by atoms with van der Waals surface area (Å²) in [6.45, 7) is 4.24. The Hall–Kier alpha value is -0.870. The highest BCUT2D eigenvalue weighted by Gasteiger charge is 2.17. The first-order chi connectivity index (χ1) is 19.2. The molecule has 0 aliphatic heterocycles. The average Bonchev–Trinajstić information content (AvgIpc) is 2.94. The van der Waals surface area contributed by atoms with E-state index in [4.69, 9.17) is 0 Å². The zero-order chi connectivity index (χ0) is 28.7. The highest BCUT2D eigenvalue weighted by atomic mass is 16.3. The molecule has 2 atom stereocenters. The lowest BCUT2D eigenvalue weighted by atomic mass is 10.0. The van der Waals surface area contributed by atoms with Gasteiger partial charge in [0.05, 0.1) is 18.8 Å². The van der Waals surface area contributed by atoms with Crippen molar-refractivity contribution in [1.82, 2.24) is 5.32 Å². The minimum absolute atomic E-state index is 0.0733.